The molecule has 0 radical (unpaired) electrons. The molecule has 2 N–H and O–H groups in total. The Balaban J connectivity index is 2.27. The summed E-state index contributed by atoms with van der Waals surface area (Å²) < 4.78 is 0. The zero-order chi connectivity index (χ0) is 15.3. The van der Waals surface area contributed by atoms with E-state index in [4.69, 9.17) is 5.73 Å². The molecule has 0 heterocycles. The molecule has 1 heteroatoms. The third-order valence-corrected chi connectivity index (χ3v) is 5.59. The van der Waals surface area contributed by atoms with Gasteiger partial charge in [-0.3, -0.25) is 0 Å². The van der Waals surface area contributed by atoms with E-state index in [1.54, 1.807) is 0 Å². The third-order valence-electron chi connectivity index (χ3n) is 5.59. The summed E-state index contributed by atoms with van der Waals surface area (Å²) in [7, 11) is 0. The molecule has 21 heavy (non-hydrogen) atoms. The number of nitrogens with two attached hydrogens (primary N) is 1. The van der Waals surface area contributed by atoms with Crippen LogP contribution in [-0.4, -0.2) is 6.04 Å². The van der Waals surface area contributed by atoms with Crippen molar-refractivity contribution in [3.63, 3.8) is 0 Å². The maximum atomic E-state index is 6.09. The molecule has 0 bridgehead atoms. The highest BCUT2D eigenvalue weighted by Gasteiger charge is 2.25. The smallest absolute Gasteiger partial charge is 0.00390 e. The summed E-state index contributed by atoms with van der Waals surface area (Å²) in [4.78, 5) is 0. The van der Waals surface area contributed by atoms with E-state index in [0.717, 1.165) is 11.8 Å². The molecule has 1 fully saturated rings. The maximum absolute atomic E-state index is 6.09. The number of unbranched alkanes of at least 4 members (excludes halogenated alkanes) is 7. The molecule has 1 saturated carbocycles. The molecule has 1 aliphatic rings. The monoisotopic (exact) mass is 295 g/mol. The van der Waals surface area contributed by atoms with E-state index in [-0.39, 0.29) is 0 Å². The summed E-state index contributed by atoms with van der Waals surface area (Å²) in [6.07, 6.45) is 21.3. The Morgan fingerprint density at radius 1 is 0.714 bits per heavy atom. The van der Waals surface area contributed by atoms with E-state index in [9.17, 15) is 0 Å². The van der Waals surface area contributed by atoms with Crippen LogP contribution >= 0.6 is 0 Å². The van der Waals surface area contributed by atoms with Gasteiger partial charge < -0.3 is 5.73 Å². The lowest BCUT2D eigenvalue weighted by atomic mass is 9.74. The molecular weight excluding hydrogens is 254 g/mol. The van der Waals surface area contributed by atoms with Crippen molar-refractivity contribution in [1.82, 2.24) is 0 Å². The van der Waals surface area contributed by atoms with Crippen molar-refractivity contribution >= 4 is 0 Å². The molecule has 126 valence electrons. The van der Waals surface area contributed by atoms with Crippen molar-refractivity contribution in [3.05, 3.63) is 0 Å². The van der Waals surface area contributed by atoms with Gasteiger partial charge in [-0.25, -0.2) is 0 Å². The van der Waals surface area contributed by atoms with E-state index in [1.807, 2.05) is 0 Å². The average molecular weight is 296 g/mol. The molecule has 1 unspecified atom stereocenters. The normalized spacial score (nSPS) is 24.1. The Morgan fingerprint density at radius 3 is 1.71 bits per heavy atom. The van der Waals surface area contributed by atoms with E-state index < -0.39 is 0 Å². The summed E-state index contributed by atoms with van der Waals surface area (Å²) in [6.45, 7) is 4.62. The van der Waals surface area contributed by atoms with Gasteiger partial charge >= 0.3 is 0 Å². The topological polar surface area (TPSA) is 26.0 Å². The van der Waals surface area contributed by atoms with Crippen LogP contribution in [-0.2, 0) is 0 Å². The molecule has 1 aliphatic carbocycles. The summed E-state index contributed by atoms with van der Waals surface area (Å²) in [5.41, 5.74) is 6.09. The Labute approximate surface area is 134 Å². The molecule has 0 aromatic heterocycles. The quantitative estimate of drug-likeness (QED) is 0.411. The third kappa shape index (κ3) is 8.86. The highest BCUT2D eigenvalue weighted by molar-refractivity contribution is 4.79. The highest BCUT2D eigenvalue weighted by Crippen LogP contribution is 2.35. The minimum atomic E-state index is 0.506. The molecule has 0 aromatic carbocycles. The molecule has 1 atom stereocenters. The van der Waals surface area contributed by atoms with Crippen molar-refractivity contribution in [2.75, 3.05) is 0 Å². The second kappa shape index (κ2) is 12.5. The second-order valence-electron chi connectivity index (χ2n) is 7.49. The number of hydrogen-bond donors (Lipinski definition) is 1. The Bertz CT molecular complexity index is 218. The fourth-order valence-corrected chi connectivity index (χ4v) is 4.08. The molecular formula is C20H41N. The lowest BCUT2D eigenvalue weighted by Crippen LogP contribution is -2.29. The molecule has 0 aromatic rings. The van der Waals surface area contributed by atoms with Crippen molar-refractivity contribution in [3.8, 4) is 0 Å². The highest BCUT2D eigenvalue weighted by atomic mass is 14.6. The van der Waals surface area contributed by atoms with Crippen LogP contribution in [0.1, 0.15) is 110 Å². The van der Waals surface area contributed by atoms with Crippen molar-refractivity contribution in [1.29, 1.82) is 0 Å². The van der Waals surface area contributed by atoms with Gasteiger partial charge in [0.05, 0.1) is 0 Å². The Hall–Kier alpha value is -0.0400. The van der Waals surface area contributed by atoms with Gasteiger partial charge in [-0.1, -0.05) is 84.5 Å². The Kier molecular flexibility index (Phi) is 11.3. The molecule has 0 saturated heterocycles. The predicted octanol–water partition coefficient (Wildman–Crippen LogP) is 6.45. The lowest BCUT2D eigenvalue weighted by molar-refractivity contribution is 0.203. The van der Waals surface area contributed by atoms with Gasteiger partial charge in [-0.05, 0) is 37.5 Å². The van der Waals surface area contributed by atoms with E-state index in [0.29, 0.717) is 6.04 Å². The van der Waals surface area contributed by atoms with Crippen LogP contribution in [0.4, 0.5) is 0 Å². The van der Waals surface area contributed by atoms with Crippen LogP contribution in [0.2, 0.25) is 0 Å². The van der Waals surface area contributed by atoms with E-state index in [1.165, 1.54) is 96.3 Å². The van der Waals surface area contributed by atoms with Crippen LogP contribution in [0.25, 0.3) is 0 Å². The second-order valence-corrected chi connectivity index (χ2v) is 7.49. The van der Waals surface area contributed by atoms with Gasteiger partial charge in [0.2, 0.25) is 0 Å². The molecule has 1 nitrogen and oxygen atoms in total. The summed E-state index contributed by atoms with van der Waals surface area (Å²) >= 11 is 0. The van der Waals surface area contributed by atoms with Gasteiger partial charge in [-0.15, -0.1) is 0 Å². The SMILES string of the molecule is CCCCCCCC(CCCCCC)[C@H]1CC[C@@H](N)CC1. The zero-order valence-corrected chi connectivity index (χ0v) is 14.9. The van der Waals surface area contributed by atoms with Crippen LogP contribution in [0.15, 0.2) is 0 Å². The van der Waals surface area contributed by atoms with Gasteiger partial charge in [0.1, 0.15) is 0 Å². The first-order valence-corrected chi connectivity index (χ1v) is 10.0. The summed E-state index contributed by atoms with van der Waals surface area (Å²) in [6, 6.07) is 0.506. The number of rotatable bonds is 12. The Morgan fingerprint density at radius 2 is 1.19 bits per heavy atom. The molecule has 0 amide bonds. The minimum Gasteiger partial charge on any atom is -0.328 e. The van der Waals surface area contributed by atoms with Crippen LogP contribution in [0, 0.1) is 11.8 Å². The summed E-state index contributed by atoms with van der Waals surface area (Å²) in [5, 5.41) is 0. The largest absolute Gasteiger partial charge is 0.328 e. The van der Waals surface area contributed by atoms with Crippen molar-refractivity contribution in [2.24, 2.45) is 17.6 Å². The van der Waals surface area contributed by atoms with Crippen molar-refractivity contribution in [2.45, 2.75) is 116 Å². The first-order valence-electron chi connectivity index (χ1n) is 10.0. The van der Waals surface area contributed by atoms with E-state index in [2.05, 4.69) is 13.8 Å². The fourth-order valence-electron chi connectivity index (χ4n) is 4.08. The molecule has 1 rings (SSSR count). The lowest BCUT2D eigenvalue weighted by Gasteiger charge is -2.33. The van der Waals surface area contributed by atoms with Crippen molar-refractivity contribution < 1.29 is 0 Å². The average Bonchev–Trinajstić information content (AvgIpc) is 2.50. The fraction of sp³-hybridized carbons (Fsp3) is 1.00. The van der Waals surface area contributed by atoms with Gasteiger partial charge in [-0.2, -0.15) is 0 Å². The van der Waals surface area contributed by atoms with Crippen LogP contribution in [0.5, 0.6) is 0 Å². The number of hydrogen-bond acceptors (Lipinski definition) is 1. The molecule has 0 spiro atoms. The maximum Gasteiger partial charge on any atom is 0.00390 e. The molecule has 0 aliphatic heterocycles. The van der Waals surface area contributed by atoms with Crippen LogP contribution in [0.3, 0.4) is 0 Å². The van der Waals surface area contributed by atoms with Gasteiger partial charge in [0, 0.05) is 6.04 Å². The first kappa shape index (κ1) is 19.0. The predicted molar refractivity (Wildman–Crippen MR) is 95.6 cm³/mol. The van der Waals surface area contributed by atoms with E-state index >= 15 is 0 Å². The van der Waals surface area contributed by atoms with Crippen LogP contribution < -0.4 is 5.73 Å². The van der Waals surface area contributed by atoms with Gasteiger partial charge in [0.25, 0.3) is 0 Å². The standard InChI is InChI=1S/C20H41N/c1-3-5-7-9-11-13-18(12-10-8-6-4-2)19-14-16-20(21)17-15-19/h18-20H,3-17,21H2,1-2H3/t18?,19-,20+. The first-order chi connectivity index (χ1) is 10.3. The zero-order valence-electron chi connectivity index (χ0n) is 14.9. The van der Waals surface area contributed by atoms with Gasteiger partial charge in [0.15, 0.2) is 0 Å². The minimum absolute atomic E-state index is 0.506. The summed E-state index contributed by atoms with van der Waals surface area (Å²) in [5.74, 6) is 2.01.